The SMILES string of the molecule is O=c1c2nnn(C3CC3)c2ncn1Cc1nc2c(s1)CCCC2. The lowest BCUT2D eigenvalue weighted by Gasteiger charge is -2.06. The molecule has 23 heavy (non-hydrogen) atoms. The molecule has 0 saturated heterocycles. The number of aromatic nitrogens is 6. The number of hydrogen-bond donors (Lipinski definition) is 0. The van der Waals surface area contributed by atoms with E-state index >= 15 is 0 Å². The number of rotatable bonds is 3. The van der Waals surface area contributed by atoms with Crippen LogP contribution in [0.2, 0.25) is 0 Å². The summed E-state index contributed by atoms with van der Waals surface area (Å²) < 4.78 is 3.38. The zero-order chi connectivity index (χ0) is 15.4. The molecule has 2 aliphatic carbocycles. The highest BCUT2D eigenvalue weighted by Crippen LogP contribution is 2.35. The standard InChI is InChI=1S/C15H16N6OS/c22-15-13-14(21(19-18-13)9-5-6-9)16-8-20(15)7-12-17-10-3-1-2-4-11(10)23-12/h8-9H,1-7H2. The lowest BCUT2D eigenvalue weighted by molar-refractivity contribution is 0.624. The average Bonchev–Trinajstić information content (AvgIpc) is 3.17. The summed E-state index contributed by atoms with van der Waals surface area (Å²) in [6.07, 6.45) is 8.43. The van der Waals surface area contributed by atoms with Gasteiger partial charge in [-0.05, 0) is 38.5 Å². The van der Waals surface area contributed by atoms with Gasteiger partial charge in [0.2, 0.25) is 0 Å². The van der Waals surface area contributed by atoms with Crippen LogP contribution < -0.4 is 5.56 Å². The van der Waals surface area contributed by atoms with Gasteiger partial charge in [0.25, 0.3) is 5.56 Å². The van der Waals surface area contributed by atoms with Crippen LogP contribution in [0.25, 0.3) is 11.2 Å². The third-order valence-corrected chi connectivity index (χ3v) is 5.68. The molecule has 0 amide bonds. The van der Waals surface area contributed by atoms with E-state index in [1.54, 1.807) is 26.9 Å². The van der Waals surface area contributed by atoms with Crippen LogP contribution in [0.15, 0.2) is 11.1 Å². The van der Waals surface area contributed by atoms with E-state index in [2.05, 4.69) is 15.3 Å². The van der Waals surface area contributed by atoms with Crippen molar-refractivity contribution in [2.75, 3.05) is 0 Å². The highest BCUT2D eigenvalue weighted by atomic mass is 32.1. The van der Waals surface area contributed by atoms with E-state index in [1.807, 2.05) is 0 Å². The Morgan fingerprint density at radius 1 is 1.26 bits per heavy atom. The van der Waals surface area contributed by atoms with E-state index in [0.717, 1.165) is 30.7 Å². The number of fused-ring (bicyclic) bond motifs is 2. The van der Waals surface area contributed by atoms with Gasteiger partial charge in [-0.2, -0.15) is 0 Å². The second kappa shape index (κ2) is 4.95. The van der Waals surface area contributed by atoms with Crippen molar-refractivity contribution in [1.82, 2.24) is 29.5 Å². The fourth-order valence-electron chi connectivity index (χ4n) is 3.16. The van der Waals surface area contributed by atoms with Crippen molar-refractivity contribution in [1.29, 1.82) is 0 Å². The van der Waals surface area contributed by atoms with Crippen molar-refractivity contribution in [2.24, 2.45) is 0 Å². The summed E-state index contributed by atoms with van der Waals surface area (Å²) in [6, 6.07) is 0.369. The Balaban J connectivity index is 1.51. The van der Waals surface area contributed by atoms with Crippen LogP contribution in [0.4, 0.5) is 0 Å². The van der Waals surface area contributed by atoms with Gasteiger partial charge < -0.3 is 0 Å². The van der Waals surface area contributed by atoms with Crippen molar-refractivity contribution >= 4 is 22.5 Å². The van der Waals surface area contributed by atoms with Crippen LogP contribution in [0.3, 0.4) is 0 Å². The molecule has 0 radical (unpaired) electrons. The van der Waals surface area contributed by atoms with Gasteiger partial charge in [0.1, 0.15) is 11.3 Å². The third-order valence-electron chi connectivity index (χ3n) is 4.54. The van der Waals surface area contributed by atoms with Crippen LogP contribution in [0.5, 0.6) is 0 Å². The Labute approximate surface area is 136 Å². The number of aryl methyl sites for hydroxylation is 2. The molecule has 0 spiro atoms. The van der Waals surface area contributed by atoms with Crippen LogP contribution >= 0.6 is 11.3 Å². The van der Waals surface area contributed by atoms with Gasteiger partial charge in [0.05, 0.1) is 18.3 Å². The molecule has 0 unspecified atom stereocenters. The van der Waals surface area contributed by atoms with Gasteiger partial charge in [-0.1, -0.05) is 5.21 Å². The Hall–Kier alpha value is -2.09. The molecule has 3 aromatic rings. The normalized spacial score (nSPS) is 17.6. The molecule has 0 aliphatic heterocycles. The molecule has 118 valence electrons. The van der Waals surface area contributed by atoms with Crippen molar-refractivity contribution in [2.45, 2.75) is 51.1 Å². The molecular weight excluding hydrogens is 312 g/mol. The summed E-state index contributed by atoms with van der Waals surface area (Å²) in [6.45, 7) is 0.468. The van der Waals surface area contributed by atoms with E-state index in [4.69, 9.17) is 4.98 Å². The van der Waals surface area contributed by atoms with E-state index in [9.17, 15) is 4.79 Å². The van der Waals surface area contributed by atoms with Crippen LogP contribution in [0.1, 0.15) is 47.3 Å². The zero-order valence-electron chi connectivity index (χ0n) is 12.6. The van der Waals surface area contributed by atoms with Crippen molar-refractivity contribution in [3.63, 3.8) is 0 Å². The summed E-state index contributed by atoms with van der Waals surface area (Å²) in [5.74, 6) is 0. The molecule has 2 aliphatic rings. The highest BCUT2D eigenvalue weighted by Gasteiger charge is 2.28. The maximum absolute atomic E-state index is 12.6. The van der Waals surface area contributed by atoms with Crippen molar-refractivity contribution < 1.29 is 0 Å². The van der Waals surface area contributed by atoms with E-state index in [-0.39, 0.29) is 5.56 Å². The van der Waals surface area contributed by atoms with Gasteiger partial charge in [-0.3, -0.25) is 9.36 Å². The quantitative estimate of drug-likeness (QED) is 0.731. The lowest BCUT2D eigenvalue weighted by atomic mass is 10.0. The summed E-state index contributed by atoms with van der Waals surface area (Å²) in [5.41, 5.74) is 2.06. The van der Waals surface area contributed by atoms with Gasteiger partial charge in [0.15, 0.2) is 11.2 Å². The minimum atomic E-state index is -0.130. The first-order valence-corrected chi connectivity index (χ1v) is 8.89. The molecule has 0 bridgehead atoms. The Bertz CT molecular complexity index is 927. The molecule has 3 aromatic heterocycles. The molecule has 1 saturated carbocycles. The third kappa shape index (κ3) is 2.20. The van der Waals surface area contributed by atoms with E-state index in [1.165, 1.54) is 23.4 Å². The first-order chi connectivity index (χ1) is 11.3. The highest BCUT2D eigenvalue weighted by molar-refractivity contribution is 7.11. The van der Waals surface area contributed by atoms with Gasteiger partial charge in [-0.15, -0.1) is 16.4 Å². The number of nitrogens with zero attached hydrogens (tertiary/aromatic N) is 6. The van der Waals surface area contributed by atoms with E-state index in [0.29, 0.717) is 23.8 Å². The molecule has 0 N–H and O–H groups in total. The molecule has 5 rings (SSSR count). The maximum atomic E-state index is 12.6. The number of hydrogen-bond acceptors (Lipinski definition) is 6. The number of thiazole rings is 1. The lowest BCUT2D eigenvalue weighted by Crippen LogP contribution is -2.21. The summed E-state index contributed by atoms with van der Waals surface area (Å²) in [4.78, 5) is 23.1. The predicted molar refractivity (Wildman–Crippen MR) is 85.7 cm³/mol. The van der Waals surface area contributed by atoms with Crippen LogP contribution in [0, 0.1) is 0 Å². The summed E-state index contributed by atoms with van der Waals surface area (Å²) in [7, 11) is 0. The maximum Gasteiger partial charge on any atom is 0.283 e. The molecule has 1 fully saturated rings. The predicted octanol–water partition coefficient (Wildman–Crippen LogP) is 1.71. The monoisotopic (exact) mass is 328 g/mol. The Kier molecular flexibility index (Phi) is 2.88. The van der Waals surface area contributed by atoms with Gasteiger partial charge in [-0.25, -0.2) is 14.6 Å². The summed E-state index contributed by atoms with van der Waals surface area (Å²) in [5, 5.41) is 9.13. The van der Waals surface area contributed by atoms with Crippen molar-refractivity contribution in [3.05, 3.63) is 32.3 Å². The van der Waals surface area contributed by atoms with E-state index < -0.39 is 0 Å². The van der Waals surface area contributed by atoms with Gasteiger partial charge >= 0.3 is 0 Å². The zero-order valence-corrected chi connectivity index (χ0v) is 13.4. The fraction of sp³-hybridized carbons (Fsp3) is 0.533. The van der Waals surface area contributed by atoms with Crippen LogP contribution in [-0.4, -0.2) is 29.5 Å². The Morgan fingerprint density at radius 2 is 2.13 bits per heavy atom. The average molecular weight is 328 g/mol. The topological polar surface area (TPSA) is 78.5 Å². The first-order valence-electron chi connectivity index (χ1n) is 8.07. The van der Waals surface area contributed by atoms with Gasteiger partial charge in [0, 0.05) is 4.88 Å². The molecule has 7 nitrogen and oxygen atoms in total. The second-order valence-corrected chi connectivity index (χ2v) is 7.47. The minimum absolute atomic E-state index is 0.130. The minimum Gasteiger partial charge on any atom is -0.290 e. The first kappa shape index (κ1) is 13.4. The molecule has 0 aromatic carbocycles. The molecule has 8 heteroatoms. The molecule has 0 atom stereocenters. The molecule has 3 heterocycles. The molecular formula is C15H16N6OS. The smallest absolute Gasteiger partial charge is 0.283 e. The fourth-order valence-corrected chi connectivity index (χ4v) is 4.31. The van der Waals surface area contributed by atoms with Crippen LogP contribution in [-0.2, 0) is 19.4 Å². The second-order valence-electron chi connectivity index (χ2n) is 6.30. The summed E-state index contributed by atoms with van der Waals surface area (Å²) >= 11 is 1.72. The largest absolute Gasteiger partial charge is 0.290 e. The van der Waals surface area contributed by atoms with Crippen molar-refractivity contribution in [3.8, 4) is 0 Å². The Morgan fingerprint density at radius 3 is 2.96 bits per heavy atom.